The fourth-order valence-corrected chi connectivity index (χ4v) is 3.97. The van der Waals surface area contributed by atoms with Gasteiger partial charge >= 0.3 is 0 Å². The Bertz CT molecular complexity index is 389. The van der Waals surface area contributed by atoms with Crippen molar-refractivity contribution in [3.8, 4) is 0 Å². The highest BCUT2D eigenvalue weighted by atomic mass is 16.5. The van der Waals surface area contributed by atoms with Gasteiger partial charge in [-0.3, -0.25) is 4.99 Å². The number of ether oxygens (including phenoxy) is 2. The molecule has 26 heavy (non-hydrogen) atoms. The Kier molecular flexibility index (Phi) is 10.4. The normalized spacial score (nSPS) is 25.3. The van der Waals surface area contributed by atoms with Crippen molar-refractivity contribution in [2.75, 3.05) is 53.1 Å². The van der Waals surface area contributed by atoms with Crippen LogP contribution in [-0.4, -0.2) is 64.0 Å². The van der Waals surface area contributed by atoms with Crippen molar-refractivity contribution >= 4 is 5.96 Å². The summed E-state index contributed by atoms with van der Waals surface area (Å²) in [6, 6.07) is 0. The van der Waals surface area contributed by atoms with Crippen LogP contribution < -0.4 is 5.32 Å². The van der Waals surface area contributed by atoms with Crippen molar-refractivity contribution in [2.45, 2.75) is 58.8 Å². The molecule has 0 atom stereocenters. The standard InChI is InChI=1S/C21H41N3O2/c1-4-22-21(24(3)16-19-8-6-18(2)7-9-19)23-12-5-13-26-17-20-10-14-25-15-11-20/h18-20H,4-17H2,1-3H3,(H,22,23). The zero-order chi connectivity index (χ0) is 18.6. The average Bonchev–Trinajstić information content (AvgIpc) is 2.66. The van der Waals surface area contributed by atoms with Gasteiger partial charge in [0.2, 0.25) is 0 Å². The second kappa shape index (κ2) is 12.6. The minimum absolute atomic E-state index is 0.689. The van der Waals surface area contributed by atoms with Gasteiger partial charge in [0, 0.05) is 53.1 Å². The summed E-state index contributed by atoms with van der Waals surface area (Å²) in [5.74, 6) is 3.48. The molecule has 1 aliphatic heterocycles. The van der Waals surface area contributed by atoms with E-state index in [9.17, 15) is 0 Å². The third kappa shape index (κ3) is 8.26. The van der Waals surface area contributed by atoms with E-state index in [1.54, 1.807) is 0 Å². The van der Waals surface area contributed by atoms with Gasteiger partial charge in [-0.25, -0.2) is 0 Å². The van der Waals surface area contributed by atoms with Crippen molar-refractivity contribution in [2.24, 2.45) is 22.7 Å². The maximum atomic E-state index is 5.85. The van der Waals surface area contributed by atoms with Crippen LogP contribution in [0.4, 0.5) is 0 Å². The van der Waals surface area contributed by atoms with Gasteiger partial charge in [-0.05, 0) is 56.8 Å². The van der Waals surface area contributed by atoms with Crippen molar-refractivity contribution < 1.29 is 9.47 Å². The molecule has 2 aliphatic rings. The maximum absolute atomic E-state index is 5.85. The molecule has 0 aromatic rings. The summed E-state index contributed by atoms with van der Waals surface area (Å²) >= 11 is 0. The van der Waals surface area contributed by atoms with Crippen molar-refractivity contribution in [3.63, 3.8) is 0 Å². The van der Waals surface area contributed by atoms with Gasteiger partial charge < -0.3 is 19.7 Å². The van der Waals surface area contributed by atoms with Gasteiger partial charge in [-0.2, -0.15) is 0 Å². The lowest BCUT2D eigenvalue weighted by Crippen LogP contribution is -2.42. The molecule has 0 unspecified atom stereocenters. The molecule has 2 fully saturated rings. The van der Waals surface area contributed by atoms with Gasteiger partial charge in [0.05, 0.1) is 0 Å². The number of aliphatic imine (C=N–C) groups is 1. The summed E-state index contributed by atoms with van der Waals surface area (Å²) in [6.07, 6.45) is 8.79. The topological polar surface area (TPSA) is 46.1 Å². The molecule has 0 bridgehead atoms. The van der Waals surface area contributed by atoms with Crippen LogP contribution in [0.3, 0.4) is 0 Å². The minimum Gasteiger partial charge on any atom is -0.381 e. The number of hydrogen-bond donors (Lipinski definition) is 1. The van der Waals surface area contributed by atoms with Crippen molar-refractivity contribution in [1.82, 2.24) is 10.2 Å². The number of nitrogens with zero attached hydrogens (tertiary/aromatic N) is 2. The molecule has 152 valence electrons. The zero-order valence-corrected chi connectivity index (χ0v) is 17.3. The molecule has 1 N–H and O–H groups in total. The van der Waals surface area contributed by atoms with Gasteiger partial charge in [0.1, 0.15) is 0 Å². The Labute approximate surface area is 160 Å². The molecule has 1 heterocycles. The number of nitrogens with one attached hydrogen (secondary N) is 1. The SMILES string of the molecule is CCNC(=NCCCOCC1CCOCC1)N(C)CC1CCC(C)CC1. The monoisotopic (exact) mass is 367 g/mol. The lowest BCUT2D eigenvalue weighted by Gasteiger charge is -2.31. The average molecular weight is 368 g/mol. The Morgan fingerprint density at radius 3 is 2.54 bits per heavy atom. The second-order valence-corrected chi connectivity index (χ2v) is 8.23. The van der Waals surface area contributed by atoms with Crippen LogP contribution in [0.25, 0.3) is 0 Å². The molecule has 5 heteroatoms. The first-order valence-electron chi connectivity index (χ1n) is 10.8. The van der Waals surface area contributed by atoms with E-state index in [0.717, 1.165) is 83.1 Å². The first-order valence-corrected chi connectivity index (χ1v) is 10.8. The van der Waals surface area contributed by atoms with Crippen molar-refractivity contribution in [3.05, 3.63) is 0 Å². The highest BCUT2D eigenvalue weighted by Gasteiger charge is 2.20. The van der Waals surface area contributed by atoms with Gasteiger partial charge in [-0.1, -0.05) is 19.8 Å². The number of hydrogen-bond acceptors (Lipinski definition) is 3. The van der Waals surface area contributed by atoms with Crippen LogP contribution in [0.1, 0.15) is 58.8 Å². The summed E-state index contributed by atoms with van der Waals surface area (Å²) < 4.78 is 11.2. The van der Waals surface area contributed by atoms with E-state index in [-0.39, 0.29) is 0 Å². The number of guanidine groups is 1. The number of rotatable bonds is 9. The lowest BCUT2D eigenvalue weighted by atomic mass is 9.83. The fraction of sp³-hybridized carbons (Fsp3) is 0.952. The van der Waals surface area contributed by atoms with E-state index in [1.165, 1.54) is 25.7 Å². The van der Waals surface area contributed by atoms with Gasteiger partial charge in [-0.15, -0.1) is 0 Å². The van der Waals surface area contributed by atoms with E-state index in [4.69, 9.17) is 14.5 Å². The summed E-state index contributed by atoms with van der Waals surface area (Å²) in [5.41, 5.74) is 0. The van der Waals surface area contributed by atoms with E-state index < -0.39 is 0 Å². The smallest absolute Gasteiger partial charge is 0.193 e. The molecule has 0 radical (unpaired) electrons. The molecule has 1 saturated carbocycles. The fourth-order valence-electron chi connectivity index (χ4n) is 3.97. The van der Waals surface area contributed by atoms with Crippen LogP contribution in [0.2, 0.25) is 0 Å². The van der Waals surface area contributed by atoms with Crippen LogP contribution in [0.5, 0.6) is 0 Å². The predicted molar refractivity (Wildman–Crippen MR) is 109 cm³/mol. The maximum Gasteiger partial charge on any atom is 0.193 e. The molecule has 0 spiro atoms. The van der Waals surface area contributed by atoms with Crippen LogP contribution in [0.15, 0.2) is 4.99 Å². The molecule has 0 aromatic carbocycles. The molecule has 0 amide bonds. The Morgan fingerprint density at radius 1 is 1.12 bits per heavy atom. The van der Waals surface area contributed by atoms with E-state index in [2.05, 4.69) is 31.1 Å². The Morgan fingerprint density at radius 2 is 1.85 bits per heavy atom. The molecule has 0 aromatic heterocycles. The predicted octanol–water partition coefficient (Wildman–Crippen LogP) is 3.54. The summed E-state index contributed by atoms with van der Waals surface area (Å²) in [7, 11) is 2.18. The van der Waals surface area contributed by atoms with Gasteiger partial charge in [0.25, 0.3) is 0 Å². The molecular formula is C21H41N3O2. The largest absolute Gasteiger partial charge is 0.381 e. The highest BCUT2D eigenvalue weighted by molar-refractivity contribution is 5.79. The Hall–Kier alpha value is -0.810. The van der Waals surface area contributed by atoms with E-state index in [1.807, 2.05) is 0 Å². The second-order valence-electron chi connectivity index (χ2n) is 8.23. The molecule has 1 saturated heterocycles. The molecule has 5 nitrogen and oxygen atoms in total. The molecular weight excluding hydrogens is 326 g/mol. The van der Waals surface area contributed by atoms with E-state index in [0.29, 0.717) is 5.92 Å². The lowest BCUT2D eigenvalue weighted by molar-refractivity contribution is 0.0205. The summed E-state index contributed by atoms with van der Waals surface area (Å²) in [5, 5.41) is 3.44. The summed E-state index contributed by atoms with van der Waals surface area (Å²) in [4.78, 5) is 7.14. The van der Waals surface area contributed by atoms with E-state index >= 15 is 0 Å². The molecule has 1 aliphatic carbocycles. The van der Waals surface area contributed by atoms with Crippen LogP contribution in [-0.2, 0) is 9.47 Å². The minimum atomic E-state index is 0.689. The zero-order valence-electron chi connectivity index (χ0n) is 17.3. The summed E-state index contributed by atoms with van der Waals surface area (Å²) in [6.45, 7) is 10.9. The first-order chi connectivity index (χ1) is 12.7. The third-order valence-corrected chi connectivity index (χ3v) is 5.77. The third-order valence-electron chi connectivity index (χ3n) is 5.77. The van der Waals surface area contributed by atoms with Gasteiger partial charge in [0.15, 0.2) is 5.96 Å². The molecule has 2 rings (SSSR count). The van der Waals surface area contributed by atoms with Crippen LogP contribution >= 0.6 is 0 Å². The van der Waals surface area contributed by atoms with Crippen LogP contribution in [0, 0.1) is 17.8 Å². The highest BCUT2D eigenvalue weighted by Crippen LogP contribution is 2.28. The van der Waals surface area contributed by atoms with Crippen molar-refractivity contribution in [1.29, 1.82) is 0 Å². The first kappa shape index (κ1) is 21.5. The Balaban J connectivity index is 1.63. The quantitative estimate of drug-likeness (QED) is 0.385.